The number of hydrazone groups is 1. The molecule has 0 heterocycles. The van der Waals surface area contributed by atoms with Crippen LogP contribution in [0.4, 0.5) is 10.1 Å². The van der Waals surface area contributed by atoms with Crippen molar-refractivity contribution in [2.75, 3.05) is 5.32 Å². The lowest BCUT2D eigenvalue weighted by Crippen LogP contribution is -2.22. The van der Waals surface area contributed by atoms with Gasteiger partial charge in [0.1, 0.15) is 5.82 Å². The van der Waals surface area contributed by atoms with Crippen LogP contribution in [-0.4, -0.2) is 17.5 Å². The Morgan fingerprint density at radius 2 is 1.73 bits per heavy atom. The first-order valence-corrected chi connectivity index (χ1v) is 8.38. The Hall–Kier alpha value is -2.73. The fraction of sp³-hybridized carbons (Fsp3) is 0.211. The molecule has 2 rings (SSSR count). The minimum absolute atomic E-state index is 0.00132. The van der Waals surface area contributed by atoms with Crippen LogP contribution in [0, 0.1) is 12.7 Å². The zero-order valence-electron chi connectivity index (χ0n) is 14.5. The van der Waals surface area contributed by atoms with E-state index < -0.39 is 0 Å². The molecule has 136 valence electrons. The summed E-state index contributed by atoms with van der Waals surface area (Å²) < 4.78 is 12.9. The zero-order chi connectivity index (χ0) is 19.1. The second kappa shape index (κ2) is 9.10. The van der Waals surface area contributed by atoms with Gasteiger partial charge in [-0.3, -0.25) is 9.59 Å². The second-order valence-corrected chi connectivity index (χ2v) is 6.18. The molecule has 2 N–H and O–H groups in total. The van der Waals surface area contributed by atoms with E-state index in [0.717, 1.165) is 5.56 Å². The Morgan fingerprint density at radius 1 is 1.08 bits per heavy atom. The van der Waals surface area contributed by atoms with Crippen molar-refractivity contribution < 1.29 is 14.0 Å². The summed E-state index contributed by atoms with van der Waals surface area (Å²) in [4.78, 5) is 23.8. The maximum absolute atomic E-state index is 12.9. The molecule has 0 saturated heterocycles. The lowest BCUT2D eigenvalue weighted by Gasteiger charge is -2.08. The van der Waals surface area contributed by atoms with E-state index in [9.17, 15) is 14.0 Å². The molecule has 0 aliphatic heterocycles. The van der Waals surface area contributed by atoms with Crippen molar-refractivity contribution >= 4 is 34.8 Å². The molecule has 26 heavy (non-hydrogen) atoms. The Morgan fingerprint density at radius 3 is 2.38 bits per heavy atom. The maximum atomic E-state index is 12.9. The standard InChI is InChI=1S/C19H19ClFN3O2/c1-12-11-15(20)5-8-17(12)22-18(25)9-10-19(26)24-23-13(2)14-3-6-16(21)7-4-14/h3-8,11H,9-10H2,1-2H3,(H,22,25)(H,24,26)/b23-13+. The maximum Gasteiger partial charge on any atom is 0.240 e. The summed E-state index contributed by atoms with van der Waals surface area (Å²) in [5.41, 5.74) is 5.13. The number of carbonyl (C=O) groups is 2. The van der Waals surface area contributed by atoms with Crippen molar-refractivity contribution in [2.24, 2.45) is 5.10 Å². The summed E-state index contributed by atoms with van der Waals surface area (Å²) in [7, 11) is 0. The summed E-state index contributed by atoms with van der Waals surface area (Å²) in [6, 6.07) is 10.9. The van der Waals surface area contributed by atoms with Crippen LogP contribution in [0.2, 0.25) is 5.02 Å². The van der Waals surface area contributed by atoms with Crippen LogP contribution >= 0.6 is 11.6 Å². The summed E-state index contributed by atoms with van der Waals surface area (Å²) in [6.07, 6.45) is 0.0255. The van der Waals surface area contributed by atoms with Crippen molar-refractivity contribution in [2.45, 2.75) is 26.7 Å². The number of benzene rings is 2. The highest BCUT2D eigenvalue weighted by Crippen LogP contribution is 2.19. The van der Waals surface area contributed by atoms with Crippen LogP contribution in [0.3, 0.4) is 0 Å². The number of rotatable bonds is 6. The Labute approximate surface area is 156 Å². The third kappa shape index (κ3) is 5.97. The summed E-state index contributed by atoms with van der Waals surface area (Å²) in [6.45, 7) is 3.53. The van der Waals surface area contributed by atoms with Crippen molar-refractivity contribution in [1.29, 1.82) is 0 Å². The molecule has 2 amide bonds. The Balaban J connectivity index is 1.81. The first kappa shape index (κ1) is 19.6. The fourth-order valence-electron chi connectivity index (χ4n) is 2.16. The van der Waals surface area contributed by atoms with Gasteiger partial charge in [-0.1, -0.05) is 23.7 Å². The average Bonchev–Trinajstić information content (AvgIpc) is 2.61. The third-order valence-electron chi connectivity index (χ3n) is 3.65. The number of anilines is 1. The van der Waals surface area contributed by atoms with E-state index in [-0.39, 0.29) is 30.5 Å². The molecule has 2 aromatic carbocycles. The molecule has 0 atom stereocenters. The molecule has 0 aliphatic carbocycles. The number of halogens is 2. The van der Waals surface area contributed by atoms with Crippen molar-refractivity contribution in [3.05, 3.63) is 64.4 Å². The highest BCUT2D eigenvalue weighted by atomic mass is 35.5. The van der Waals surface area contributed by atoms with Gasteiger partial charge < -0.3 is 5.32 Å². The van der Waals surface area contributed by atoms with Gasteiger partial charge in [0.2, 0.25) is 11.8 Å². The molecule has 5 nitrogen and oxygen atoms in total. The van der Waals surface area contributed by atoms with Crippen LogP contribution < -0.4 is 10.7 Å². The normalized spacial score (nSPS) is 11.2. The lowest BCUT2D eigenvalue weighted by molar-refractivity contribution is -0.124. The van der Waals surface area contributed by atoms with E-state index in [4.69, 9.17) is 11.6 Å². The summed E-state index contributed by atoms with van der Waals surface area (Å²) >= 11 is 5.87. The number of aryl methyl sites for hydroxylation is 1. The molecule has 0 aliphatic rings. The number of carbonyl (C=O) groups excluding carboxylic acids is 2. The van der Waals surface area contributed by atoms with E-state index in [0.29, 0.717) is 22.0 Å². The van der Waals surface area contributed by atoms with Gasteiger partial charge in [-0.25, -0.2) is 9.82 Å². The number of hydrogen-bond donors (Lipinski definition) is 2. The van der Waals surface area contributed by atoms with Crippen LogP contribution in [0.1, 0.15) is 30.9 Å². The van der Waals surface area contributed by atoms with Crippen LogP contribution in [0.15, 0.2) is 47.6 Å². The molecule has 0 bridgehead atoms. The average molecular weight is 376 g/mol. The van der Waals surface area contributed by atoms with Gasteiger partial charge in [0.05, 0.1) is 5.71 Å². The van der Waals surface area contributed by atoms with E-state index in [1.807, 2.05) is 6.92 Å². The van der Waals surface area contributed by atoms with Crippen molar-refractivity contribution in [3.8, 4) is 0 Å². The molecule has 0 fully saturated rings. The molecule has 0 saturated carbocycles. The summed E-state index contributed by atoms with van der Waals surface area (Å²) in [5.74, 6) is -0.994. The zero-order valence-corrected chi connectivity index (χ0v) is 15.2. The summed E-state index contributed by atoms with van der Waals surface area (Å²) in [5, 5.41) is 7.29. The van der Waals surface area contributed by atoms with E-state index >= 15 is 0 Å². The molecule has 7 heteroatoms. The van der Waals surface area contributed by atoms with Gasteiger partial charge >= 0.3 is 0 Å². The van der Waals surface area contributed by atoms with Crippen LogP contribution in [0.25, 0.3) is 0 Å². The van der Waals surface area contributed by atoms with Gasteiger partial charge in [0.25, 0.3) is 0 Å². The molecule has 2 aromatic rings. The molecular formula is C19H19ClFN3O2. The fourth-order valence-corrected chi connectivity index (χ4v) is 2.39. The first-order chi connectivity index (χ1) is 12.3. The minimum Gasteiger partial charge on any atom is -0.326 e. The topological polar surface area (TPSA) is 70.6 Å². The third-order valence-corrected chi connectivity index (χ3v) is 3.89. The Kier molecular flexibility index (Phi) is 6.86. The van der Waals surface area contributed by atoms with Gasteiger partial charge in [-0.15, -0.1) is 0 Å². The van der Waals surface area contributed by atoms with Gasteiger partial charge in [0, 0.05) is 23.6 Å². The number of hydrogen-bond acceptors (Lipinski definition) is 3. The molecule has 0 radical (unpaired) electrons. The van der Waals surface area contributed by atoms with Gasteiger partial charge in [-0.05, 0) is 55.3 Å². The van der Waals surface area contributed by atoms with Crippen LogP contribution in [-0.2, 0) is 9.59 Å². The second-order valence-electron chi connectivity index (χ2n) is 5.75. The number of nitrogens with zero attached hydrogens (tertiary/aromatic N) is 1. The smallest absolute Gasteiger partial charge is 0.240 e. The SMILES string of the molecule is C/C(=N\NC(=O)CCC(=O)Nc1ccc(Cl)cc1C)c1ccc(F)cc1. The first-order valence-electron chi connectivity index (χ1n) is 8.00. The Bertz CT molecular complexity index is 835. The van der Waals surface area contributed by atoms with E-state index in [1.165, 1.54) is 12.1 Å². The van der Waals surface area contributed by atoms with Crippen molar-refractivity contribution in [1.82, 2.24) is 5.43 Å². The quantitative estimate of drug-likeness (QED) is 0.590. The monoisotopic (exact) mass is 375 g/mol. The van der Waals surface area contributed by atoms with E-state index in [1.54, 1.807) is 37.3 Å². The van der Waals surface area contributed by atoms with Gasteiger partial charge in [-0.2, -0.15) is 5.10 Å². The predicted octanol–water partition coefficient (Wildman–Crippen LogP) is 4.05. The number of amides is 2. The number of nitrogens with one attached hydrogen (secondary N) is 2. The predicted molar refractivity (Wildman–Crippen MR) is 101 cm³/mol. The van der Waals surface area contributed by atoms with Gasteiger partial charge in [0.15, 0.2) is 0 Å². The molecule has 0 aromatic heterocycles. The molecule has 0 unspecified atom stereocenters. The molecule has 0 spiro atoms. The molecular weight excluding hydrogens is 357 g/mol. The van der Waals surface area contributed by atoms with E-state index in [2.05, 4.69) is 15.8 Å². The highest BCUT2D eigenvalue weighted by Gasteiger charge is 2.09. The highest BCUT2D eigenvalue weighted by molar-refractivity contribution is 6.30. The van der Waals surface area contributed by atoms with Crippen molar-refractivity contribution in [3.63, 3.8) is 0 Å². The largest absolute Gasteiger partial charge is 0.326 e. The lowest BCUT2D eigenvalue weighted by atomic mass is 10.1. The van der Waals surface area contributed by atoms with Crippen LogP contribution in [0.5, 0.6) is 0 Å². The minimum atomic E-state index is -0.380.